The summed E-state index contributed by atoms with van der Waals surface area (Å²) in [6.07, 6.45) is 1.44. The lowest BCUT2D eigenvalue weighted by atomic mass is 9.95. The minimum atomic E-state index is -1.32. The normalized spacial score (nSPS) is 13.0. The van der Waals surface area contributed by atoms with Crippen LogP contribution >= 0.6 is 12.4 Å². The summed E-state index contributed by atoms with van der Waals surface area (Å²) in [4.78, 5) is 22.0. The van der Waals surface area contributed by atoms with Crippen LogP contribution in [-0.4, -0.2) is 31.7 Å². The lowest BCUT2D eigenvalue weighted by Gasteiger charge is -2.21. The zero-order chi connectivity index (χ0) is 11.2. The summed E-state index contributed by atoms with van der Waals surface area (Å²) in [6.45, 7) is 3.43. The van der Waals surface area contributed by atoms with Crippen molar-refractivity contribution < 1.29 is 19.1 Å². The Bertz CT molecular complexity index is 244. The molecule has 6 heteroatoms. The molecular weight excluding hydrogens is 222 g/mol. The molecule has 0 bridgehead atoms. The summed E-state index contributed by atoms with van der Waals surface area (Å²) in [5, 5.41) is 0. The van der Waals surface area contributed by atoms with E-state index in [1.165, 1.54) is 20.3 Å². The third-order valence-corrected chi connectivity index (χ3v) is 1.90. The highest BCUT2D eigenvalue weighted by atomic mass is 35.5. The maximum atomic E-state index is 11.2. The molecular formula is C9H16ClNO4. The number of methoxy groups -OCH3 is 2. The van der Waals surface area contributed by atoms with Crippen molar-refractivity contribution in [1.82, 2.24) is 0 Å². The Morgan fingerprint density at radius 1 is 1.40 bits per heavy atom. The van der Waals surface area contributed by atoms with Gasteiger partial charge in [-0.3, -0.25) is 4.79 Å². The van der Waals surface area contributed by atoms with Crippen molar-refractivity contribution in [2.75, 3.05) is 14.2 Å². The molecule has 0 saturated carbocycles. The van der Waals surface area contributed by atoms with Crippen LogP contribution in [0, 0.1) is 0 Å². The molecule has 0 spiro atoms. The number of nitrogens with two attached hydrogens (primary N) is 1. The SMILES string of the molecule is C=CC(N)(CCC(=O)OC)C(=O)OC.Cl. The number of hydrogen-bond donors (Lipinski definition) is 1. The Labute approximate surface area is 95.0 Å². The van der Waals surface area contributed by atoms with E-state index in [1.807, 2.05) is 0 Å². The van der Waals surface area contributed by atoms with Crippen LogP contribution in [-0.2, 0) is 19.1 Å². The fourth-order valence-corrected chi connectivity index (χ4v) is 0.888. The van der Waals surface area contributed by atoms with Gasteiger partial charge in [-0.05, 0) is 6.42 Å². The quantitative estimate of drug-likeness (QED) is 0.554. The van der Waals surface area contributed by atoms with Crippen molar-refractivity contribution in [2.45, 2.75) is 18.4 Å². The summed E-state index contributed by atoms with van der Waals surface area (Å²) in [5.41, 5.74) is 4.34. The predicted octanol–water partition coefficient (Wildman–Crippen LogP) is 0.418. The number of rotatable bonds is 5. The fourth-order valence-electron chi connectivity index (χ4n) is 0.888. The van der Waals surface area contributed by atoms with Gasteiger partial charge in [0.15, 0.2) is 0 Å². The number of halogens is 1. The van der Waals surface area contributed by atoms with Gasteiger partial charge < -0.3 is 15.2 Å². The molecule has 0 radical (unpaired) electrons. The topological polar surface area (TPSA) is 78.6 Å². The van der Waals surface area contributed by atoms with E-state index in [9.17, 15) is 9.59 Å². The summed E-state index contributed by atoms with van der Waals surface area (Å²) in [6, 6.07) is 0. The van der Waals surface area contributed by atoms with Crippen molar-refractivity contribution in [3.63, 3.8) is 0 Å². The number of ether oxygens (including phenoxy) is 2. The van der Waals surface area contributed by atoms with Gasteiger partial charge in [0, 0.05) is 6.42 Å². The molecule has 1 unspecified atom stereocenters. The Morgan fingerprint density at radius 2 is 1.93 bits per heavy atom. The highest BCUT2D eigenvalue weighted by Gasteiger charge is 2.32. The first-order valence-electron chi connectivity index (χ1n) is 4.08. The zero-order valence-electron chi connectivity index (χ0n) is 8.82. The van der Waals surface area contributed by atoms with Gasteiger partial charge in [-0.25, -0.2) is 4.79 Å². The van der Waals surface area contributed by atoms with E-state index >= 15 is 0 Å². The molecule has 0 aliphatic carbocycles. The number of carbonyl (C=O) groups is 2. The van der Waals surface area contributed by atoms with Gasteiger partial charge in [0.25, 0.3) is 0 Å². The molecule has 0 aromatic carbocycles. The van der Waals surface area contributed by atoms with Crippen molar-refractivity contribution in [3.8, 4) is 0 Å². The van der Waals surface area contributed by atoms with Crippen LogP contribution in [0.4, 0.5) is 0 Å². The maximum absolute atomic E-state index is 11.2. The standard InChI is InChI=1S/C9H15NO4.ClH/c1-4-9(10,8(12)14-3)6-5-7(11)13-2;/h4H,1,5-6,10H2,2-3H3;1H. The van der Waals surface area contributed by atoms with Crippen molar-refractivity contribution in [2.24, 2.45) is 5.73 Å². The molecule has 0 rings (SSSR count). The van der Waals surface area contributed by atoms with Gasteiger partial charge in [-0.1, -0.05) is 6.08 Å². The number of esters is 2. The average molecular weight is 238 g/mol. The Balaban J connectivity index is 0. The van der Waals surface area contributed by atoms with Crippen LogP contribution < -0.4 is 5.73 Å². The predicted molar refractivity (Wildman–Crippen MR) is 57.6 cm³/mol. The van der Waals surface area contributed by atoms with Gasteiger partial charge in [-0.15, -0.1) is 19.0 Å². The van der Waals surface area contributed by atoms with Gasteiger partial charge in [0.05, 0.1) is 14.2 Å². The molecule has 2 N–H and O–H groups in total. The van der Waals surface area contributed by atoms with E-state index in [0.29, 0.717) is 0 Å². The van der Waals surface area contributed by atoms with Crippen molar-refractivity contribution in [1.29, 1.82) is 0 Å². The third kappa shape index (κ3) is 4.80. The first-order chi connectivity index (χ1) is 6.50. The molecule has 0 aromatic rings. The second kappa shape index (κ2) is 7.25. The lowest BCUT2D eigenvalue weighted by molar-refractivity contribution is -0.146. The van der Waals surface area contributed by atoms with E-state index in [0.717, 1.165) is 0 Å². The van der Waals surface area contributed by atoms with E-state index in [-0.39, 0.29) is 25.2 Å². The van der Waals surface area contributed by atoms with Crippen LogP contribution in [0.15, 0.2) is 12.7 Å². The molecule has 1 atom stereocenters. The Hall–Kier alpha value is -1.07. The molecule has 15 heavy (non-hydrogen) atoms. The van der Waals surface area contributed by atoms with Crippen molar-refractivity contribution >= 4 is 24.3 Å². The molecule has 0 fully saturated rings. The van der Waals surface area contributed by atoms with E-state index < -0.39 is 17.5 Å². The van der Waals surface area contributed by atoms with Gasteiger partial charge >= 0.3 is 11.9 Å². The first-order valence-corrected chi connectivity index (χ1v) is 4.08. The average Bonchev–Trinajstić information content (AvgIpc) is 2.23. The molecule has 0 aliphatic rings. The third-order valence-electron chi connectivity index (χ3n) is 1.90. The molecule has 0 heterocycles. The molecule has 5 nitrogen and oxygen atoms in total. The molecule has 0 amide bonds. The summed E-state index contributed by atoms with van der Waals surface area (Å²) < 4.78 is 8.91. The van der Waals surface area contributed by atoms with Crippen LogP contribution in [0.1, 0.15) is 12.8 Å². The minimum Gasteiger partial charge on any atom is -0.469 e. The monoisotopic (exact) mass is 237 g/mol. The van der Waals surface area contributed by atoms with Crippen LogP contribution in [0.3, 0.4) is 0 Å². The fraction of sp³-hybridized carbons (Fsp3) is 0.556. The summed E-state index contributed by atoms with van der Waals surface area (Å²) in [5.74, 6) is -1.04. The second-order valence-corrected chi connectivity index (χ2v) is 2.81. The minimum absolute atomic E-state index is 0. The Kier molecular flexibility index (Phi) is 7.91. The van der Waals surface area contributed by atoms with E-state index in [2.05, 4.69) is 16.1 Å². The summed E-state index contributed by atoms with van der Waals surface area (Å²) in [7, 11) is 2.50. The van der Waals surface area contributed by atoms with Crippen LogP contribution in [0.25, 0.3) is 0 Å². The molecule has 0 aliphatic heterocycles. The van der Waals surface area contributed by atoms with Gasteiger partial charge in [0.1, 0.15) is 5.54 Å². The molecule has 0 aromatic heterocycles. The van der Waals surface area contributed by atoms with Crippen LogP contribution in [0.5, 0.6) is 0 Å². The largest absolute Gasteiger partial charge is 0.469 e. The number of carbonyl (C=O) groups excluding carboxylic acids is 2. The number of hydrogen-bond acceptors (Lipinski definition) is 5. The first kappa shape index (κ1) is 16.4. The van der Waals surface area contributed by atoms with Gasteiger partial charge in [-0.2, -0.15) is 0 Å². The van der Waals surface area contributed by atoms with E-state index in [4.69, 9.17) is 5.73 Å². The Morgan fingerprint density at radius 3 is 2.27 bits per heavy atom. The lowest BCUT2D eigenvalue weighted by Crippen LogP contribution is -2.47. The maximum Gasteiger partial charge on any atom is 0.329 e. The highest BCUT2D eigenvalue weighted by molar-refractivity contribution is 5.85. The highest BCUT2D eigenvalue weighted by Crippen LogP contribution is 2.13. The zero-order valence-corrected chi connectivity index (χ0v) is 9.63. The molecule has 0 saturated heterocycles. The van der Waals surface area contributed by atoms with Crippen LogP contribution in [0.2, 0.25) is 0 Å². The molecule has 88 valence electrons. The van der Waals surface area contributed by atoms with E-state index in [1.54, 1.807) is 0 Å². The second-order valence-electron chi connectivity index (χ2n) is 2.81. The smallest absolute Gasteiger partial charge is 0.329 e. The summed E-state index contributed by atoms with van der Waals surface area (Å²) >= 11 is 0. The van der Waals surface area contributed by atoms with Crippen molar-refractivity contribution in [3.05, 3.63) is 12.7 Å². The van der Waals surface area contributed by atoms with Gasteiger partial charge in [0.2, 0.25) is 0 Å².